The second kappa shape index (κ2) is 9.52. The predicted octanol–water partition coefficient (Wildman–Crippen LogP) is 8.86. The largest absolute Gasteiger partial charge is 0.309 e. The summed E-state index contributed by atoms with van der Waals surface area (Å²) in [6, 6.07) is 43.8. The van der Waals surface area contributed by atoms with Crippen molar-refractivity contribution in [1.29, 1.82) is 5.26 Å². The average Bonchev–Trinajstić information content (AvgIpc) is 3.70. The van der Waals surface area contributed by atoms with E-state index in [9.17, 15) is 14.9 Å². The Bertz CT molecular complexity index is 2620. The lowest BCUT2D eigenvalue weighted by Gasteiger charge is -2.21. The predicted molar refractivity (Wildman–Crippen MR) is 182 cm³/mol. The quantitative estimate of drug-likeness (QED) is 0.192. The fourth-order valence-electron chi connectivity index (χ4n) is 7.18. The highest BCUT2D eigenvalue weighted by atomic mass is 16.2. The number of rotatable bonds is 3. The summed E-state index contributed by atoms with van der Waals surface area (Å²) in [6.07, 6.45) is 0. The van der Waals surface area contributed by atoms with E-state index in [1.807, 2.05) is 24.3 Å². The van der Waals surface area contributed by atoms with Crippen LogP contribution in [0.15, 0.2) is 127 Å². The molecule has 0 N–H and O–H groups in total. The summed E-state index contributed by atoms with van der Waals surface area (Å²) in [6.45, 7) is 2.09. The number of carbonyl (C=O) groups is 2. The first-order valence-electron chi connectivity index (χ1n) is 15.1. The molecule has 0 saturated heterocycles. The fourth-order valence-corrected chi connectivity index (χ4v) is 7.18. The summed E-state index contributed by atoms with van der Waals surface area (Å²) in [7, 11) is 0. The highest BCUT2D eigenvalue weighted by Crippen LogP contribution is 2.44. The van der Waals surface area contributed by atoms with Crippen LogP contribution in [0.2, 0.25) is 0 Å². The summed E-state index contributed by atoms with van der Waals surface area (Å²) in [5.74, 6) is -0.872. The van der Waals surface area contributed by atoms with Gasteiger partial charge in [0.05, 0.1) is 50.1 Å². The molecule has 0 aliphatic carbocycles. The molecule has 9 rings (SSSR count). The van der Waals surface area contributed by atoms with Crippen LogP contribution in [-0.2, 0) is 0 Å². The van der Waals surface area contributed by atoms with Gasteiger partial charge in [0, 0.05) is 27.2 Å². The zero-order valence-corrected chi connectivity index (χ0v) is 24.7. The third-order valence-corrected chi connectivity index (χ3v) is 9.16. The zero-order chi connectivity index (χ0) is 31.1. The molecule has 2 aromatic heterocycles. The number of para-hydroxylation sites is 3. The number of aryl methyl sites for hydroxylation is 1. The van der Waals surface area contributed by atoms with E-state index in [4.69, 9.17) is 0 Å². The van der Waals surface area contributed by atoms with E-state index in [0.29, 0.717) is 16.8 Å². The normalized spacial score (nSPS) is 12.9. The Morgan fingerprint density at radius 1 is 0.543 bits per heavy atom. The highest BCUT2D eigenvalue weighted by molar-refractivity contribution is 6.35. The van der Waals surface area contributed by atoms with Gasteiger partial charge >= 0.3 is 0 Å². The molecule has 8 aromatic rings. The molecular formula is C40H24N4O2. The number of aromatic nitrogens is 2. The van der Waals surface area contributed by atoms with Gasteiger partial charge in [-0.15, -0.1) is 0 Å². The molecule has 6 heteroatoms. The molecule has 0 spiro atoms. The molecule has 1 aliphatic heterocycles. The van der Waals surface area contributed by atoms with E-state index in [2.05, 4.69) is 88.9 Å². The Kier molecular flexibility index (Phi) is 5.38. The lowest BCUT2D eigenvalue weighted by molar-refractivity contribution is 0.0926. The third kappa shape index (κ3) is 3.40. The first kappa shape index (κ1) is 26.0. The van der Waals surface area contributed by atoms with E-state index in [1.165, 1.54) is 10.5 Å². The number of fused-ring (bicyclic) bond motifs is 8. The minimum absolute atomic E-state index is 0.245. The fraction of sp³-hybridized carbons (Fsp3) is 0.0250. The first-order chi connectivity index (χ1) is 22.6. The average molecular weight is 593 g/mol. The zero-order valence-electron chi connectivity index (χ0n) is 24.7. The number of amides is 2. The van der Waals surface area contributed by atoms with Crippen molar-refractivity contribution in [2.24, 2.45) is 0 Å². The molecular weight excluding hydrogens is 568 g/mol. The van der Waals surface area contributed by atoms with Gasteiger partial charge in [-0.3, -0.25) is 9.59 Å². The van der Waals surface area contributed by atoms with E-state index < -0.39 is 11.8 Å². The Morgan fingerprint density at radius 2 is 1.09 bits per heavy atom. The number of nitrogens with zero attached hydrogens (tertiary/aromatic N) is 4. The van der Waals surface area contributed by atoms with Gasteiger partial charge < -0.3 is 9.13 Å². The summed E-state index contributed by atoms with van der Waals surface area (Å²) in [5, 5.41) is 14.6. The first-order valence-corrected chi connectivity index (χ1v) is 15.1. The van der Waals surface area contributed by atoms with Gasteiger partial charge in [0.25, 0.3) is 11.8 Å². The molecule has 0 unspecified atom stereocenters. The molecule has 0 saturated carbocycles. The van der Waals surface area contributed by atoms with Gasteiger partial charge in [0.1, 0.15) is 6.07 Å². The van der Waals surface area contributed by atoms with Gasteiger partial charge in [-0.05, 0) is 67.6 Å². The van der Waals surface area contributed by atoms with Crippen molar-refractivity contribution >= 4 is 61.1 Å². The Morgan fingerprint density at radius 3 is 1.70 bits per heavy atom. The highest BCUT2D eigenvalue weighted by Gasteiger charge is 2.39. The van der Waals surface area contributed by atoms with Crippen molar-refractivity contribution in [2.45, 2.75) is 6.92 Å². The minimum atomic E-state index is -0.436. The maximum absolute atomic E-state index is 13.8. The third-order valence-electron chi connectivity index (χ3n) is 9.16. The van der Waals surface area contributed by atoms with Crippen molar-refractivity contribution in [1.82, 2.24) is 9.13 Å². The number of anilines is 1. The summed E-state index contributed by atoms with van der Waals surface area (Å²) in [4.78, 5) is 28.7. The van der Waals surface area contributed by atoms with E-state index >= 15 is 0 Å². The number of carbonyl (C=O) groups excluding carboxylic acids is 2. The molecule has 0 radical (unpaired) electrons. The van der Waals surface area contributed by atoms with Gasteiger partial charge in [-0.1, -0.05) is 72.3 Å². The summed E-state index contributed by atoms with van der Waals surface area (Å²) >= 11 is 0. The van der Waals surface area contributed by atoms with Gasteiger partial charge in [-0.25, -0.2) is 4.90 Å². The van der Waals surface area contributed by atoms with E-state index in [0.717, 1.165) is 49.3 Å². The van der Waals surface area contributed by atoms with Gasteiger partial charge in [0.2, 0.25) is 0 Å². The second-order valence-corrected chi connectivity index (χ2v) is 11.7. The molecule has 0 bridgehead atoms. The van der Waals surface area contributed by atoms with Crippen LogP contribution < -0.4 is 4.90 Å². The number of hydrogen-bond acceptors (Lipinski definition) is 3. The van der Waals surface area contributed by atoms with Gasteiger partial charge in [0.15, 0.2) is 0 Å². The second-order valence-electron chi connectivity index (χ2n) is 11.7. The molecule has 0 fully saturated rings. The smallest absolute Gasteiger partial charge is 0.266 e. The molecule has 0 atom stereocenters. The number of nitriles is 1. The Labute approximate surface area is 263 Å². The van der Waals surface area contributed by atoms with Crippen LogP contribution in [0.5, 0.6) is 0 Å². The summed E-state index contributed by atoms with van der Waals surface area (Å²) < 4.78 is 4.39. The molecule has 6 nitrogen and oxygen atoms in total. The van der Waals surface area contributed by atoms with Crippen molar-refractivity contribution in [3.8, 4) is 17.4 Å². The summed E-state index contributed by atoms with van der Waals surface area (Å²) in [5.41, 5.74) is 8.04. The molecule has 1 aliphatic rings. The number of imide groups is 1. The van der Waals surface area contributed by atoms with Crippen LogP contribution in [0.3, 0.4) is 0 Å². The molecule has 46 heavy (non-hydrogen) atoms. The maximum atomic E-state index is 13.8. The van der Waals surface area contributed by atoms with Crippen molar-refractivity contribution in [3.63, 3.8) is 0 Å². The molecule has 6 aromatic carbocycles. The van der Waals surface area contributed by atoms with Crippen LogP contribution in [0, 0.1) is 18.3 Å². The topological polar surface area (TPSA) is 71.0 Å². The minimum Gasteiger partial charge on any atom is -0.309 e. The number of hydrogen-bond donors (Lipinski definition) is 0. The van der Waals surface area contributed by atoms with Crippen LogP contribution in [-0.4, -0.2) is 20.9 Å². The van der Waals surface area contributed by atoms with Crippen LogP contribution in [0.25, 0.3) is 55.0 Å². The van der Waals surface area contributed by atoms with E-state index in [1.54, 1.807) is 36.4 Å². The van der Waals surface area contributed by atoms with Crippen LogP contribution in [0.4, 0.5) is 5.69 Å². The van der Waals surface area contributed by atoms with Crippen LogP contribution in [0.1, 0.15) is 31.8 Å². The lowest BCUT2D eigenvalue weighted by Crippen LogP contribution is -2.31. The Balaban J connectivity index is 1.41. The SMILES string of the molecule is Cc1ccc(-n2c3ccccc3c3c4c5ccccc5n(-c5cccc(C#N)c5N5C(=O)c6ccccc6C5=O)c4ccc32)cc1. The standard InChI is InChI=1S/C40H24N4O2/c1-24-17-19-26(20-18-24)42-31-14-6-4-12-29(31)36-33(42)21-22-34-37(36)30-13-5-7-15-32(30)43(34)35-16-8-9-25(23-41)38(35)44-39(45)27-10-2-3-11-28(27)40(44)46/h2-22H,1H3. The van der Waals surface area contributed by atoms with Gasteiger partial charge in [-0.2, -0.15) is 5.26 Å². The molecule has 3 heterocycles. The monoisotopic (exact) mass is 592 g/mol. The van der Waals surface area contributed by atoms with Crippen molar-refractivity contribution in [3.05, 3.63) is 150 Å². The van der Waals surface area contributed by atoms with Crippen molar-refractivity contribution < 1.29 is 9.59 Å². The maximum Gasteiger partial charge on any atom is 0.266 e. The molecule has 216 valence electrons. The van der Waals surface area contributed by atoms with E-state index in [-0.39, 0.29) is 11.3 Å². The Hall–Kier alpha value is -6.45. The van der Waals surface area contributed by atoms with Crippen LogP contribution >= 0.6 is 0 Å². The lowest BCUT2D eigenvalue weighted by atomic mass is 10.1. The number of benzene rings is 6. The molecule has 2 amide bonds. The van der Waals surface area contributed by atoms with Crippen molar-refractivity contribution in [2.75, 3.05) is 4.90 Å².